The molecule has 1 unspecified atom stereocenters. The van der Waals surface area contributed by atoms with E-state index in [0.717, 1.165) is 37.5 Å². The van der Waals surface area contributed by atoms with Gasteiger partial charge in [-0.05, 0) is 13.3 Å². The maximum atomic E-state index is 6.11. The zero-order valence-corrected chi connectivity index (χ0v) is 10.5. The molecule has 0 radical (unpaired) electrons. The van der Waals surface area contributed by atoms with Crippen LogP contribution in [0.3, 0.4) is 0 Å². The molecule has 1 fully saturated rings. The number of hydrogen-bond acceptors (Lipinski definition) is 3. The Morgan fingerprint density at radius 3 is 3.00 bits per heavy atom. The average molecular weight is 245 g/mol. The molecule has 2 rings (SSSR count). The van der Waals surface area contributed by atoms with Crippen LogP contribution in [-0.4, -0.2) is 29.6 Å². The third kappa shape index (κ3) is 2.56. The van der Waals surface area contributed by atoms with Gasteiger partial charge in [0, 0.05) is 25.1 Å². The second-order valence-corrected chi connectivity index (χ2v) is 4.58. The second-order valence-electron chi connectivity index (χ2n) is 4.22. The zero-order chi connectivity index (χ0) is 11.5. The smallest absolute Gasteiger partial charge is 0.132 e. The summed E-state index contributed by atoms with van der Waals surface area (Å²) in [5.41, 5.74) is 1.93. The summed E-state index contributed by atoms with van der Waals surface area (Å²) >= 11 is 6.11. The Hall–Kier alpha value is -0.580. The minimum atomic E-state index is 0.537. The molecule has 0 saturated carbocycles. The van der Waals surface area contributed by atoms with E-state index in [0.29, 0.717) is 17.7 Å². The third-order valence-electron chi connectivity index (χ3n) is 2.89. The maximum Gasteiger partial charge on any atom is 0.132 e. The Morgan fingerprint density at radius 1 is 1.62 bits per heavy atom. The van der Waals surface area contributed by atoms with Crippen LogP contribution in [0.5, 0.6) is 0 Å². The fourth-order valence-corrected chi connectivity index (χ4v) is 2.11. The number of halogens is 1. The molecule has 1 aromatic rings. The summed E-state index contributed by atoms with van der Waals surface area (Å²) in [5, 5.41) is 4.91. The highest BCUT2D eigenvalue weighted by Crippen LogP contribution is 2.20. The van der Waals surface area contributed by atoms with Crippen LogP contribution >= 0.6 is 11.6 Å². The lowest BCUT2D eigenvalue weighted by Gasteiger charge is -2.08. The molecular formula is C11H17ClN2O2. The molecule has 0 aliphatic carbocycles. The molecule has 0 amide bonds. The van der Waals surface area contributed by atoms with E-state index in [2.05, 4.69) is 5.10 Å². The summed E-state index contributed by atoms with van der Waals surface area (Å²) < 4.78 is 12.6. The molecule has 1 atom stereocenters. The Morgan fingerprint density at radius 2 is 2.44 bits per heavy atom. The van der Waals surface area contributed by atoms with Gasteiger partial charge in [-0.2, -0.15) is 5.10 Å². The summed E-state index contributed by atoms with van der Waals surface area (Å²) in [6.07, 6.45) is 1.10. The first kappa shape index (κ1) is 11.9. The Kier molecular flexibility index (Phi) is 3.84. The predicted octanol–water partition coefficient (Wildman–Crippen LogP) is 1.94. The molecule has 0 aromatic carbocycles. The quantitative estimate of drug-likeness (QED) is 0.812. The van der Waals surface area contributed by atoms with Crippen LogP contribution in [0.25, 0.3) is 0 Å². The first-order valence-electron chi connectivity index (χ1n) is 5.52. The zero-order valence-electron chi connectivity index (χ0n) is 9.70. The van der Waals surface area contributed by atoms with Gasteiger partial charge in [0.25, 0.3) is 0 Å². The highest BCUT2D eigenvalue weighted by Gasteiger charge is 2.17. The normalized spacial score (nSPS) is 20.6. The number of nitrogens with zero attached hydrogens (tertiary/aromatic N) is 2. The van der Waals surface area contributed by atoms with E-state index < -0.39 is 0 Å². The van der Waals surface area contributed by atoms with Gasteiger partial charge in [-0.15, -0.1) is 0 Å². The summed E-state index contributed by atoms with van der Waals surface area (Å²) in [6, 6.07) is 0. The molecule has 1 saturated heterocycles. The van der Waals surface area contributed by atoms with Crippen molar-refractivity contribution in [2.24, 2.45) is 13.0 Å². The van der Waals surface area contributed by atoms with E-state index in [-0.39, 0.29) is 0 Å². The first-order chi connectivity index (χ1) is 7.68. The van der Waals surface area contributed by atoms with Crippen LogP contribution in [0.2, 0.25) is 5.15 Å². The Labute approximate surface area is 100 Å². The lowest BCUT2D eigenvalue weighted by Crippen LogP contribution is -2.09. The molecule has 90 valence electrons. The standard InChI is InChI=1S/C11H17ClN2O2/c1-8-10(11(12)14(2)13-8)7-16-6-9-3-4-15-5-9/h9H,3-7H2,1-2H3. The number of aromatic nitrogens is 2. The molecule has 1 aromatic heterocycles. The second kappa shape index (κ2) is 5.17. The summed E-state index contributed by atoms with van der Waals surface area (Å²) in [4.78, 5) is 0. The highest BCUT2D eigenvalue weighted by atomic mass is 35.5. The van der Waals surface area contributed by atoms with Crippen LogP contribution in [0.15, 0.2) is 0 Å². The molecule has 0 bridgehead atoms. The van der Waals surface area contributed by atoms with Gasteiger partial charge in [0.2, 0.25) is 0 Å². The van der Waals surface area contributed by atoms with E-state index >= 15 is 0 Å². The van der Waals surface area contributed by atoms with Crippen molar-refractivity contribution in [1.29, 1.82) is 0 Å². The molecule has 4 nitrogen and oxygen atoms in total. The van der Waals surface area contributed by atoms with Crippen molar-refractivity contribution >= 4 is 11.6 Å². The molecule has 0 N–H and O–H groups in total. The van der Waals surface area contributed by atoms with E-state index in [4.69, 9.17) is 21.1 Å². The Bertz CT molecular complexity index is 359. The van der Waals surface area contributed by atoms with Gasteiger partial charge in [0.05, 0.1) is 25.5 Å². The molecule has 16 heavy (non-hydrogen) atoms. The van der Waals surface area contributed by atoms with Crippen molar-refractivity contribution in [2.45, 2.75) is 20.0 Å². The predicted molar refractivity (Wildman–Crippen MR) is 61.5 cm³/mol. The van der Waals surface area contributed by atoms with Gasteiger partial charge in [-0.1, -0.05) is 11.6 Å². The molecule has 5 heteroatoms. The number of aryl methyl sites for hydroxylation is 2. The third-order valence-corrected chi connectivity index (χ3v) is 3.37. The van der Waals surface area contributed by atoms with Crippen molar-refractivity contribution in [3.8, 4) is 0 Å². The van der Waals surface area contributed by atoms with Gasteiger partial charge in [-0.25, -0.2) is 0 Å². The van der Waals surface area contributed by atoms with Gasteiger partial charge in [-0.3, -0.25) is 4.68 Å². The fraction of sp³-hybridized carbons (Fsp3) is 0.727. The number of ether oxygens (including phenoxy) is 2. The van der Waals surface area contributed by atoms with E-state index in [1.165, 1.54) is 0 Å². The van der Waals surface area contributed by atoms with E-state index in [9.17, 15) is 0 Å². The Balaban J connectivity index is 1.84. The van der Waals surface area contributed by atoms with Crippen LogP contribution in [-0.2, 0) is 23.1 Å². The SMILES string of the molecule is Cc1nn(C)c(Cl)c1COCC1CCOC1. The average Bonchev–Trinajstić information content (AvgIpc) is 2.82. The number of rotatable bonds is 4. The molecule has 1 aliphatic heterocycles. The van der Waals surface area contributed by atoms with Gasteiger partial charge in [0.1, 0.15) is 5.15 Å². The van der Waals surface area contributed by atoms with Crippen molar-refractivity contribution in [1.82, 2.24) is 9.78 Å². The summed E-state index contributed by atoms with van der Waals surface area (Å²) in [6.45, 7) is 4.91. The van der Waals surface area contributed by atoms with E-state index in [1.807, 2.05) is 14.0 Å². The lowest BCUT2D eigenvalue weighted by molar-refractivity contribution is 0.0789. The van der Waals surface area contributed by atoms with Gasteiger partial charge < -0.3 is 9.47 Å². The maximum absolute atomic E-state index is 6.11. The van der Waals surface area contributed by atoms with Crippen molar-refractivity contribution in [3.63, 3.8) is 0 Å². The first-order valence-corrected chi connectivity index (χ1v) is 5.89. The largest absolute Gasteiger partial charge is 0.381 e. The molecule has 2 heterocycles. The van der Waals surface area contributed by atoms with Gasteiger partial charge in [0.15, 0.2) is 0 Å². The molecular weight excluding hydrogens is 228 g/mol. The summed E-state index contributed by atoms with van der Waals surface area (Å²) in [5.74, 6) is 0.538. The van der Waals surface area contributed by atoms with Crippen molar-refractivity contribution < 1.29 is 9.47 Å². The van der Waals surface area contributed by atoms with Crippen molar-refractivity contribution in [3.05, 3.63) is 16.4 Å². The molecule has 0 spiro atoms. The fourth-order valence-electron chi connectivity index (χ4n) is 1.88. The highest BCUT2D eigenvalue weighted by molar-refractivity contribution is 6.30. The van der Waals surface area contributed by atoms with E-state index in [1.54, 1.807) is 4.68 Å². The minimum absolute atomic E-state index is 0.537. The van der Waals surface area contributed by atoms with Gasteiger partial charge >= 0.3 is 0 Å². The lowest BCUT2D eigenvalue weighted by atomic mass is 10.1. The minimum Gasteiger partial charge on any atom is -0.381 e. The van der Waals surface area contributed by atoms with Crippen LogP contribution in [0.1, 0.15) is 17.7 Å². The van der Waals surface area contributed by atoms with Crippen molar-refractivity contribution in [2.75, 3.05) is 19.8 Å². The van der Waals surface area contributed by atoms with Crippen LogP contribution in [0, 0.1) is 12.8 Å². The molecule has 1 aliphatic rings. The van der Waals surface area contributed by atoms with Crippen LogP contribution < -0.4 is 0 Å². The topological polar surface area (TPSA) is 36.3 Å². The monoisotopic (exact) mass is 244 g/mol. The summed E-state index contributed by atoms with van der Waals surface area (Å²) in [7, 11) is 1.84. The van der Waals surface area contributed by atoms with Crippen LogP contribution in [0.4, 0.5) is 0 Å². The number of hydrogen-bond donors (Lipinski definition) is 0.